The molecule has 3 rings (SSSR count). The minimum Gasteiger partial charge on any atom is -0.339 e. The van der Waals surface area contributed by atoms with Crippen molar-refractivity contribution in [1.29, 1.82) is 0 Å². The van der Waals surface area contributed by atoms with Crippen LogP contribution in [0, 0.1) is 5.82 Å². The van der Waals surface area contributed by atoms with E-state index in [1.54, 1.807) is 13.0 Å². The van der Waals surface area contributed by atoms with Gasteiger partial charge in [0.25, 0.3) is 0 Å². The van der Waals surface area contributed by atoms with Crippen LogP contribution < -0.4 is 11.4 Å². The van der Waals surface area contributed by atoms with E-state index in [9.17, 15) is 17.6 Å². The van der Waals surface area contributed by atoms with Gasteiger partial charge in [0.05, 0.1) is 21.4 Å². The van der Waals surface area contributed by atoms with Gasteiger partial charge in [-0.2, -0.15) is 4.98 Å². The Morgan fingerprint density at radius 3 is 2.77 bits per heavy atom. The van der Waals surface area contributed by atoms with Crippen LogP contribution >= 0.6 is 11.6 Å². The maximum absolute atomic E-state index is 14.5. The number of aromatic amines is 2. The van der Waals surface area contributed by atoms with Crippen molar-refractivity contribution in [2.75, 3.05) is 5.75 Å². The van der Waals surface area contributed by atoms with E-state index in [0.717, 1.165) is 6.07 Å². The number of benzene rings is 1. The van der Waals surface area contributed by atoms with Crippen molar-refractivity contribution >= 4 is 32.5 Å². The number of rotatable bonds is 5. The van der Waals surface area contributed by atoms with Crippen LogP contribution in [0.5, 0.6) is 0 Å². The van der Waals surface area contributed by atoms with E-state index in [0.29, 0.717) is 5.39 Å². The molecule has 0 aliphatic carbocycles. The molecule has 0 saturated carbocycles. The molecule has 1 atom stereocenters. The van der Waals surface area contributed by atoms with E-state index < -0.39 is 21.3 Å². The number of hydrogen-bond acceptors (Lipinski definition) is 5. The summed E-state index contributed by atoms with van der Waals surface area (Å²) in [4.78, 5) is 20.2. The Morgan fingerprint density at radius 1 is 1.35 bits per heavy atom. The third-order valence-electron chi connectivity index (χ3n) is 3.88. The first kappa shape index (κ1) is 18.6. The second-order valence-corrected chi connectivity index (χ2v) is 8.56. The molecule has 138 valence electrons. The fraction of sp³-hybridized carbons (Fsp3) is 0.250. The zero-order valence-electron chi connectivity index (χ0n) is 13.7. The molecule has 26 heavy (non-hydrogen) atoms. The summed E-state index contributed by atoms with van der Waals surface area (Å²) in [7, 11) is -3.68. The van der Waals surface area contributed by atoms with E-state index in [2.05, 4.69) is 15.0 Å². The lowest BCUT2D eigenvalue weighted by Crippen LogP contribution is -2.20. The standard InChI is InChI=1S/C16H16ClFN4O3S/c1-8(19)2-3-26(24,25)10-5-11(14(18)12(17)6-10)13-4-9-7-20-16(23)22-15(9)21-13/h4-8H,2-3,19H2,1H3,(H2,20,21,22,23)/t8-/m0/s1. The normalized spacial score (nSPS) is 13.2. The van der Waals surface area contributed by atoms with Gasteiger partial charge in [0.15, 0.2) is 15.7 Å². The average molecular weight is 399 g/mol. The molecule has 0 fully saturated rings. The largest absolute Gasteiger partial charge is 0.346 e. The molecule has 0 radical (unpaired) electrons. The van der Waals surface area contributed by atoms with Gasteiger partial charge in [0.1, 0.15) is 5.65 Å². The highest BCUT2D eigenvalue weighted by molar-refractivity contribution is 7.91. The van der Waals surface area contributed by atoms with Crippen LogP contribution in [0.25, 0.3) is 22.3 Å². The van der Waals surface area contributed by atoms with E-state index in [4.69, 9.17) is 17.3 Å². The summed E-state index contributed by atoms with van der Waals surface area (Å²) in [6.45, 7) is 1.71. The Kier molecular flexibility index (Phi) is 4.87. The van der Waals surface area contributed by atoms with Crippen LogP contribution in [0.3, 0.4) is 0 Å². The quantitative estimate of drug-likeness (QED) is 0.569. The van der Waals surface area contributed by atoms with Crippen molar-refractivity contribution in [3.63, 3.8) is 0 Å². The summed E-state index contributed by atoms with van der Waals surface area (Å²) in [5.74, 6) is -0.940. The molecule has 4 N–H and O–H groups in total. The highest BCUT2D eigenvalue weighted by Gasteiger charge is 2.21. The number of hydrogen-bond donors (Lipinski definition) is 3. The number of aromatic nitrogens is 3. The molecular weight excluding hydrogens is 383 g/mol. The maximum Gasteiger partial charge on any atom is 0.346 e. The van der Waals surface area contributed by atoms with Gasteiger partial charge in [-0.15, -0.1) is 0 Å². The molecule has 0 bridgehead atoms. The number of H-pyrrole nitrogens is 2. The second kappa shape index (κ2) is 6.82. The molecular formula is C16H16ClFN4O3S. The minimum atomic E-state index is -3.68. The molecule has 1 aromatic carbocycles. The van der Waals surface area contributed by atoms with Gasteiger partial charge in [-0.05, 0) is 31.5 Å². The molecule has 10 heteroatoms. The molecule has 0 amide bonds. The average Bonchev–Trinajstić information content (AvgIpc) is 2.98. The van der Waals surface area contributed by atoms with Crippen LogP contribution in [0.2, 0.25) is 5.02 Å². The predicted molar refractivity (Wildman–Crippen MR) is 97.4 cm³/mol. The molecule has 0 spiro atoms. The fourth-order valence-corrected chi connectivity index (χ4v) is 4.28. The van der Waals surface area contributed by atoms with Gasteiger partial charge in [0, 0.05) is 23.2 Å². The van der Waals surface area contributed by atoms with Crippen LogP contribution in [-0.2, 0) is 9.84 Å². The van der Waals surface area contributed by atoms with E-state index in [1.165, 1.54) is 12.3 Å². The summed E-state index contributed by atoms with van der Waals surface area (Å²) in [5, 5.41) is 0.227. The molecule has 2 aromatic heterocycles. The third-order valence-corrected chi connectivity index (χ3v) is 5.89. The van der Waals surface area contributed by atoms with Gasteiger partial charge in [-0.3, -0.25) is 0 Å². The van der Waals surface area contributed by atoms with Crippen molar-refractivity contribution in [1.82, 2.24) is 15.0 Å². The first-order valence-corrected chi connectivity index (χ1v) is 9.76. The van der Waals surface area contributed by atoms with Gasteiger partial charge in [-0.1, -0.05) is 11.6 Å². The van der Waals surface area contributed by atoms with Crippen LogP contribution in [0.15, 0.2) is 34.1 Å². The lowest BCUT2D eigenvalue weighted by molar-refractivity contribution is 0.586. The van der Waals surface area contributed by atoms with Crippen molar-refractivity contribution in [2.24, 2.45) is 5.73 Å². The number of nitrogens with zero attached hydrogens (tertiary/aromatic N) is 1. The lowest BCUT2D eigenvalue weighted by atomic mass is 10.1. The predicted octanol–water partition coefficient (Wildman–Crippen LogP) is 2.22. The van der Waals surface area contributed by atoms with Gasteiger partial charge in [0.2, 0.25) is 0 Å². The Balaban J connectivity index is 2.12. The van der Waals surface area contributed by atoms with Gasteiger partial charge in [-0.25, -0.2) is 17.6 Å². The van der Waals surface area contributed by atoms with Crippen molar-refractivity contribution < 1.29 is 12.8 Å². The zero-order chi connectivity index (χ0) is 19.1. The summed E-state index contributed by atoms with van der Waals surface area (Å²) >= 11 is 5.91. The summed E-state index contributed by atoms with van der Waals surface area (Å²) in [6, 6.07) is 3.56. The molecule has 0 saturated heterocycles. The molecule has 0 unspecified atom stereocenters. The van der Waals surface area contributed by atoms with Crippen molar-refractivity contribution in [3.05, 3.63) is 45.7 Å². The SMILES string of the molecule is C[C@H](N)CCS(=O)(=O)c1cc(Cl)c(F)c(-c2cc3c[nH]c(=O)nc3[nH]2)c1. The number of nitrogens with two attached hydrogens (primary N) is 1. The number of nitrogens with one attached hydrogen (secondary N) is 2. The van der Waals surface area contributed by atoms with Gasteiger partial charge >= 0.3 is 5.69 Å². The Morgan fingerprint density at radius 2 is 2.08 bits per heavy atom. The van der Waals surface area contributed by atoms with Crippen molar-refractivity contribution in [3.8, 4) is 11.3 Å². The van der Waals surface area contributed by atoms with E-state index in [1.807, 2.05) is 0 Å². The number of sulfone groups is 1. The van der Waals surface area contributed by atoms with Crippen LogP contribution in [-0.4, -0.2) is 35.2 Å². The van der Waals surface area contributed by atoms with Crippen molar-refractivity contribution in [2.45, 2.75) is 24.3 Å². The maximum atomic E-state index is 14.5. The number of halogens is 2. The monoisotopic (exact) mass is 398 g/mol. The summed E-state index contributed by atoms with van der Waals surface area (Å²) < 4.78 is 39.5. The Bertz CT molecular complexity index is 1140. The van der Waals surface area contributed by atoms with E-state index >= 15 is 0 Å². The van der Waals surface area contributed by atoms with E-state index in [-0.39, 0.29) is 45.0 Å². The summed E-state index contributed by atoms with van der Waals surface area (Å²) in [5.41, 5.74) is 5.55. The molecule has 0 aliphatic heterocycles. The second-order valence-electron chi connectivity index (χ2n) is 6.04. The Hall–Kier alpha value is -2.23. The first-order chi connectivity index (χ1) is 12.2. The first-order valence-electron chi connectivity index (χ1n) is 7.73. The highest BCUT2D eigenvalue weighted by Crippen LogP contribution is 2.32. The molecule has 7 nitrogen and oxygen atoms in total. The topological polar surface area (TPSA) is 122 Å². The summed E-state index contributed by atoms with van der Waals surface area (Å²) in [6.07, 6.45) is 1.69. The smallest absolute Gasteiger partial charge is 0.339 e. The highest BCUT2D eigenvalue weighted by atomic mass is 35.5. The lowest BCUT2D eigenvalue weighted by Gasteiger charge is -2.10. The molecule has 3 aromatic rings. The zero-order valence-corrected chi connectivity index (χ0v) is 15.3. The third kappa shape index (κ3) is 3.64. The van der Waals surface area contributed by atoms with Crippen LogP contribution in [0.4, 0.5) is 4.39 Å². The van der Waals surface area contributed by atoms with Gasteiger partial charge < -0.3 is 15.7 Å². The molecule has 2 heterocycles. The van der Waals surface area contributed by atoms with Crippen LogP contribution in [0.1, 0.15) is 13.3 Å². The minimum absolute atomic E-state index is 0.0256. The Labute approximate surface area is 153 Å². The number of fused-ring (bicyclic) bond motifs is 1. The molecule has 0 aliphatic rings. The fourth-order valence-electron chi connectivity index (χ4n) is 2.48.